The van der Waals surface area contributed by atoms with E-state index in [4.69, 9.17) is 0 Å². The molecule has 2 aromatic carbocycles. The van der Waals surface area contributed by atoms with E-state index in [0.717, 1.165) is 18.2 Å². The Labute approximate surface area is 144 Å². The zero-order valence-electron chi connectivity index (χ0n) is 13.0. The number of nitrogens with zero attached hydrogens (tertiary/aromatic N) is 2. The number of nitrogens with one attached hydrogen (secondary N) is 2. The Kier molecular flexibility index (Phi) is 4.70. The van der Waals surface area contributed by atoms with Crippen molar-refractivity contribution < 1.29 is 22.0 Å². The molecule has 1 aromatic heterocycles. The summed E-state index contributed by atoms with van der Waals surface area (Å²) in [6.07, 6.45) is -3.13. The topological polar surface area (TPSA) is 49.8 Å². The van der Waals surface area contributed by atoms with Crippen molar-refractivity contribution in [2.24, 2.45) is 0 Å². The van der Waals surface area contributed by atoms with E-state index in [1.54, 1.807) is 0 Å². The summed E-state index contributed by atoms with van der Waals surface area (Å²) in [5.74, 6) is -1.34. The highest BCUT2D eigenvalue weighted by Crippen LogP contribution is 2.31. The molecule has 0 atom stereocenters. The van der Waals surface area contributed by atoms with E-state index in [1.807, 2.05) is 0 Å². The Balaban J connectivity index is 1.79. The van der Waals surface area contributed by atoms with Crippen molar-refractivity contribution in [2.75, 3.05) is 10.6 Å². The smallest absolute Gasteiger partial charge is 0.338 e. The van der Waals surface area contributed by atoms with Gasteiger partial charge in [-0.25, -0.2) is 13.8 Å². The van der Waals surface area contributed by atoms with Gasteiger partial charge in [-0.05, 0) is 36.4 Å². The van der Waals surface area contributed by atoms with Gasteiger partial charge < -0.3 is 10.6 Å². The minimum absolute atomic E-state index is 0.00452. The van der Waals surface area contributed by atoms with Gasteiger partial charge in [0.2, 0.25) is 5.95 Å². The van der Waals surface area contributed by atoms with Crippen LogP contribution < -0.4 is 10.6 Å². The molecule has 9 heteroatoms. The molecule has 1 heterocycles. The first-order valence-corrected chi connectivity index (χ1v) is 7.31. The van der Waals surface area contributed by atoms with Crippen LogP contribution in [0, 0.1) is 11.6 Å². The molecule has 134 valence electrons. The third kappa shape index (κ3) is 4.24. The number of hydrogen-bond acceptors (Lipinski definition) is 4. The van der Waals surface area contributed by atoms with Crippen molar-refractivity contribution in [1.29, 1.82) is 0 Å². The Morgan fingerprint density at radius 2 is 1.69 bits per heavy atom. The number of halogens is 5. The summed E-state index contributed by atoms with van der Waals surface area (Å²) in [4.78, 5) is 7.95. The number of anilines is 4. The molecular formula is C17H11F5N4. The average Bonchev–Trinajstić information content (AvgIpc) is 2.57. The van der Waals surface area contributed by atoms with Crippen LogP contribution in [0.1, 0.15) is 5.56 Å². The molecule has 3 aromatic rings. The van der Waals surface area contributed by atoms with Crippen molar-refractivity contribution >= 4 is 23.1 Å². The van der Waals surface area contributed by atoms with Crippen molar-refractivity contribution in [3.05, 3.63) is 71.9 Å². The van der Waals surface area contributed by atoms with Crippen LogP contribution >= 0.6 is 0 Å². The number of aromatic nitrogens is 2. The molecule has 2 N–H and O–H groups in total. The fourth-order valence-corrected chi connectivity index (χ4v) is 2.12. The van der Waals surface area contributed by atoms with E-state index >= 15 is 0 Å². The molecule has 0 unspecified atom stereocenters. The summed E-state index contributed by atoms with van der Waals surface area (Å²) in [6.45, 7) is 0. The first kappa shape index (κ1) is 17.6. The van der Waals surface area contributed by atoms with E-state index < -0.39 is 23.4 Å². The van der Waals surface area contributed by atoms with Crippen LogP contribution in [-0.4, -0.2) is 9.97 Å². The standard InChI is InChI=1S/C17H11F5N4/c18-11-4-5-14(13(19)9-11)25-15-6-7-23-16(26-15)24-12-3-1-2-10(8-12)17(20,21)22/h1-9H,(H2,23,24,25,26). The molecule has 0 spiro atoms. The number of rotatable bonds is 4. The summed E-state index contributed by atoms with van der Waals surface area (Å²) < 4.78 is 64.8. The number of benzene rings is 2. The maximum absolute atomic E-state index is 13.7. The monoisotopic (exact) mass is 366 g/mol. The van der Waals surface area contributed by atoms with Gasteiger partial charge in [0, 0.05) is 18.0 Å². The molecule has 26 heavy (non-hydrogen) atoms. The third-order valence-corrected chi connectivity index (χ3v) is 3.30. The second kappa shape index (κ2) is 6.95. The summed E-state index contributed by atoms with van der Waals surface area (Å²) in [5.41, 5.74) is -0.676. The van der Waals surface area contributed by atoms with Crippen LogP contribution in [0.5, 0.6) is 0 Å². The van der Waals surface area contributed by atoms with Gasteiger partial charge in [0.1, 0.15) is 17.5 Å². The van der Waals surface area contributed by atoms with Gasteiger partial charge in [-0.3, -0.25) is 0 Å². The Morgan fingerprint density at radius 3 is 2.42 bits per heavy atom. The Bertz CT molecular complexity index is 927. The van der Waals surface area contributed by atoms with Crippen LogP contribution in [0.15, 0.2) is 54.7 Å². The lowest BCUT2D eigenvalue weighted by Gasteiger charge is -2.11. The second-order valence-electron chi connectivity index (χ2n) is 5.22. The fourth-order valence-electron chi connectivity index (χ4n) is 2.12. The molecule has 0 radical (unpaired) electrons. The predicted octanol–water partition coefficient (Wildman–Crippen LogP) is 5.26. The Morgan fingerprint density at radius 1 is 0.885 bits per heavy atom. The van der Waals surface area contributed by atoms with Crippen molar-refractivity contribution in [2.45, 2.75) is 6.18 Å². The number of hydrogen-bond donors (Lipinski definition) is 2. The normalized spacial score (nSPS) is 11.3. The summed E-state index contributed by atoms with van der Waals surface area (Å²) in [5, 5.41) is 5.30. The van der Waals surface area contributed by atoms with Crippen LogP contribution in [0.25, 0.3) is 0 Å². The minimum Gasteiger partial charge on any atom is -0.338 e. The lowest BCUT2D eigenvalue weighted by atomic mass is 10.2. The molecule has 0 aliphatic carbocycles. The second-order valence-corrected chi connectivity index (χ2v) is 5.22. The molecule has 4 nitrogen and oxygen atoms in total. The van der Waals surface area contributed by atoms with E-state index in [1.165, 1.54) is 30.5 Å². The molecule has 3 rings (SSSR count). The van der Waals surface area contributed by atoms with Crippen molar-refractivity contribution in [1.82, 2.24) is 9.97 Å². The molecule has 0 bridgehead atoms. The van der Waals surface area contributed by atoms with Gasteiger partial charge in [-0.15, -0.1) is 0 Å². The fraction of sp³-hybridized carbons (Fsp3) is 0.0588. The first-order chi connectivity index (χ1) is 12.3. The average molecular weight is 366 g/mol. The van der Waals surface area contributed by atoms with E-state index in [-0.39, 0.29) is 23.1 Å². The molecule has 0 saturated heterocycles. The summed E-state index contributed by atoms with van der Waals surface area (Å²) in [6, 6.07) is 8.97. The quantitative estimate of drug-likeness (QED) is 0.619. The van der Waals surface area contributed by atoms with Crippen LogP contribution in [-0.2, 0) is 6.18 Å². The van der Waals surface area contributed by atoms with Crippen LogP contribution in [0.4, 0.5) is 45.1 Å². The molecule has 0 amide bonds. The summed E-state index contributed by atoms with van der Waals surface area (Å²) >= 11 is 0. The largest absolute Gasteiger partial charge is 0.416 e. The van der Waals surface area contributed by atoms with Gasteiger partial charge in [0.15, 0.2) is 0 Å². The Hall–Kier alpha value is -3.23. The van der Waals surface area contributed by atoms with Gasteiger partial charge in [-0.1, -0.05) is 6.07 Å². The zero-order chi connectivity index (χ0) is 18.7. The molecule has 0 aliphatic rings. The highest BCUT2D eigenvalue weighted by molar-refractivity contribution is 5.60. The minimum atomic E-state index is -4.47. The highest BCUT2D eigenvalue weighted by atomic mass is 19.4. The first-order valence-electron chi connectivity index (χ1n) is 7.31. The lowest BCUT2D eigenvalue weighted by Crippen LogP contribution is -2.06. The van der Waals surface area contributed by atoms with Gasteiger partial charge in [-0.2, -0.15) is 18.2 Å². The predicted molar refractivity (Wildman–Crippen MR) is 86.4 cm³/mol. The molecule has 0 fully saturated rings. The van der Waals surface area contributed by atoms with Crippen LogP contribution in [0.2, 0.25) is 0 Å². The third-order valence-electron chi connectivity index (χ3n) is 3.30. The van der Waals surface area contributed by atoms with Gasteiger partial charge >= 0.3 is 6.18 Å². The lowest BCUT2D eigenvalue weighted by molar-refractivity contribution is -0.137. The van der Waals surface area contributed by atoms with Crippen molar-refractivity contribution in [3.8, 4) is 0 Å². The van der Waals surface area contributed by atoms with E-state index in [2.05, 4.69) is 20.6 Å². The van der Waals surface area contributed by atoms with Gasteiger partial charge in [0.05, 0.1) is 11.3 Å². The molecular weight excluding hydrogens is 355 g/mol. The van der Waals surface area contributed by atoms with Gasteiger partial charge in [0.25, 0.3) is 0 Å². The highest BCUT2D eigenvalue weighted by Gasteiger charge is 2.30. The SMILES string of the molecule is Fc1ccc(Nc2ccnc(Nc3cccc(C(F)(F)F)c3)n2)c(F)c1. The van der Waals surface area contributed by atoms with E-state index in [0.29, 0.717) is 6.07 Å². The van der Waals surface area contributed by atoms with Crippen molar-refractivity contribution in [3.63, 3.8) is 0 Å². The molecule has 0 aliphatic heterocycles. The molecule has 0 saturated carbocycles. The maximum Gasteiger partial charge on any atom is 0.416 e. The van der Waals surface area contributed by atoms with Crippen LogP contribution in [0.3, 0.4) is 0 Å². The van der Waals surface area contributed by atoms with E-state index in [9.17, 15) is 22.0 Å². The summed E-state index contributed by atoms with van der Waals surface area (Å²) in [7, 11) is 0. The zero-order valence-corrected chi connectivity index (χ0v) is 13.0. The number of alkyl halides is 3. The maximum atomic E-state index is 13.7.